The normalized spacial score (nSPS) is 36.2. The molecule has 4 atom stereocenters. The standard InChI is InChI=1S/C16H23NO4/c1-16(2)20-10-12-15(21-16)14(19)13(18)9-17(12)8-11-6-4-3-5-7-11/h3-7,12-15,18-19H,8-10H2,1-2H3/t12-,13+,14-,15-/m1/s1. The number of hydrogen-bond acceptors (Lipinski definition) is 5. The maximum Gasteiger partial charge on any atom is 0.163 e. The lowest BCUT2D eigenvalue weighted by Gasteiger charge is -2.51. The van der Waals surface area contributed by atoms with Gasteiger partial charge in [-0.05, 0) is 19.4 Å². The molecule has 2 N–H and O–H groups in total. The smallest absolute Gasteiger partial charge is 0.163 e. The number of fused-ring (bicyclic) bond motifs is 1. The summed E-state index contributed by atoms with van der Waals surface area (Å²) in [5.74, 6) is -0.725. The minimum Gasteiger partial charge on any atom is -0.389 e. The number of likely N-dealkylation sites (tertiary alicyclic amines) is 1. The van der Waals surface area contributed by atoms with Gasteiger partial charge < -0.3 is 19.7 Å². The molecular formula is C16H23NO4. The van der Waals surface area contributed by atoms with E-state index < -0.39 is 24.1 Å². The van der Waals surface area contributed by atoms with E-state index >= 15 is 0 Å². The van der Waals surface area contributed by atoms with Crippen molar-refractivity contribution in [2.75, 3.05) is 13.2 Å². The Morgan fingerprint density at radius 2 is 1.95 bits per heavy atom. The van der Waals surface area contributed by atoms with Gasteiger partial charge in [-0.2, -0.15) is 0 Å². The molecule has 21 heavy (non-hydrogen) atoms. The average Bonchev–Trinajstić information content (AvgIpc) is 2.45. The molecule has 1 aromatic carbocycles. The van der Waals surface area contributed by atoms with Crippen LogP contribution in [0, 0.1) is 0 Å². The molecule has 0 radical (unpaired) electrons. The van der Waals surface area contributed by atoms with Crippen molar-refractivity contribution in [3.8, 4) is 0 Å². The van der Waals surface area contributed by atoms with Crippen LogP contribution in [0.5, 0.6) is 0 Å². The Balaban J connectivity index is 1.78. The maximum atomic E-state index is 10.2. The summed E-state index contributed by atoms with van der Waals surface area (Å²) in [6.07, 6.45) is -2.10. The van der Waals surface area contributed by atoms with Crippen molar-refractivity contribution >= 4 is 0 Å². The van der Waals surface area contributed by atoms with E-state index in [1.54, 1.807) is 0 Å². The number of β-amino-alcohol motifs (C(OH)–C–C–N with tert-alkyl or cyclic N) is 1. The molecule has 0 aromatic heterocycles. The van der Waals surface area contributed by atoms with E-state index in [2.05, 4.69) is 17.0 Å². The quantitative estimate of drug-likeness (QED) is 0.842. The minimum atomic E-state index is -0.870. The Bertz CT molecular complexity index is 478. The fourth-order valence-corrected chi connectivity index (χ4v) is 3.13. The molecule has 2 saturated heterocycles. The van der Waals surface area contributed by atoms with Crippen molar-refractivity contribution in [1.82, 2.24) is 4.90 Å². The molecule has 1 aromatic rings. The molecule has 2 fully saturated rings. The Morgan fingerprint density at radius 3 is 2.67 bits per heavy atom. The first kappa shape index (κ1) is 14.9. The van der Waals surface area contributed by atoms with E-state index in [-0.39, 0.29) is 6.04 Å². The molecule has 2 aliphatic rings. The molecule has 5 heteroatoms. The molecule has 3 rings (SSSR count). The Hall–Kier alpha value is -0.980. The average molecular weight is 293 g/mol. The highest BCUT2D eigenvalue weighted by molar-refractivity contribution is 5.15. The minimum absolute atomic E-state index is 0.0448. The van der Waals surface area contributed by atoms with Crippen LogP contribution in [0.3, 0.4) is 0 Å². The summed E-state index contributed by atoms with van der Waals surface area (Å²) in [5, 5.41) is 20.4. The zero-order valence-corrected chi connectivity index (χ0v) is 12.5. The molecular weight excluding hydrogens is 270 g/mol. The summed E-state index contributed by atoms with van der Waals surface area (Å²) in [7, 11) is 0. The van der Waals surface area contributed by atoms with Crippen molar-refractivity contribution in [2.24, 2.45) is 0 Å². The Kier molecular flexibility index (Phi) is 4.03. The van der Waals surface area contributed by atoms with Gasteiger partial charge in [0.1, 0.15) is 12.2 Å². The number of nitrogens with zero attached hydrogens (tertiary/aromatic N) is 1. The summed E-state index contributed by atoms with van der Waals surface area (Å²) in [6.45, 7) is 5.29. The third kappa shape index (κ3) is 3.12. The second-order valence-corrected chi connectivity index (χ2v) is 6.33. The fraction of sp³-hybridized carbons (Fsp3) is 0.625. The van der Waals surface area contributed by atoms with Crippen molar-refractivity contribution in [2.45, 2.75) is 50.5 Å². The van der Waals surface area contributed by atoms with Gasteiger partial charge in [0, 0.05) is 13.1 Å². The predicted octanol–water partition coefficient (Wildman–Crippen LogP) is 0.744. The predicted molar refractivity (Wildman–Crippen MR) is 77.6 cm³/mol. The highest BCUT2D eigenvalue weighted by Gasteiger charge is 2.48. The maximum absolute atomic E-state index is 10.2. The first-order chi connectivity index (χ1) is 9.96. The van der Waals surface area contributed by atoms with Crippen molar-refractivity contribution in [3.05, 3.63) is 35.9 Å². The van der Waals surface area contributed by atoms with E-state index in [1.165, 1.54) is 5.56 Å². The van der Waals surface area contributed by atoms with E-state index in [1.807, 2.05) is 32.0 Å². The van der Waals surface area contributed by atoms with Crippen LogP contribution in [0.25, 0.3) is 0 Å². The number of piperidine rings is 1. The second-order valence-electron chi connectivity index (χ2n) is 6.33. The Labute approximate surface area is 125 Å². The van der Waals surface area contributed by atoms with Crippen LogP contribution < -0.4 is 0 Å². The lowest BCUT2D eigenvalue weighted by atomic mass is 9.92. The number of rotatable bonds is 2. The van der Waals surface area contributed by atoms with Gasteiger partial charge in [-0.1, -0.05) is 30.3 Å². The van der Waals surface area contributed by atoms with Crippen LogP contribution in [0.4, 0.5) is 0 Å². The first-order valence-corrected chi connectivity index (χ1v) is 7.42. The zero-order chi connectivity index (χ0) is 15.0. The fourth-order valence-electron chi connectivity index (χ4n) is 3.13. The SMILES string of the molecule is CC1(C)OC[C@@H]2[C@@H](O1)[C@H](O)[C@@H](O)CN2Cc1ccccc1. The van der Waals surface area contributed by atoms with E-state index in [0.29, 0.717) is 19.7 Å². The van der Waals surface area contributed by atoms with E-state index in [4.69, 9.17) is 9.47 Å². The number of hydrogen-bond donors (Lipinski definition) is 2. The molecule has 116 valence electrons. The molecule has 0 spiro atoms. The molecule has 0 aliphatic carbocycles. The monoisotopic (exact) mass is 293 g/mol. The van der Waals surface area contributed by atoms with Gasteiger partial charge in [0.25, 0.3) is 0 Å². The molecule has 0 bridgehead atoms. The molecule has 2 heterocycles. The number of aliphatic hydroxyl groups is 2. The van der Waals surface area contributed by atoms with Crippen molar-refractivity contribution in [1.29, 1.82) is 0 Å². The van der Waals surface area contributed by atoms with Crippen molar-refractivity contribution < 1.29 is 19.7 Å². The summed E-state index contributed by atoms with van der Waals surface area (Å²) < 4.78 is 11.6. The summed E-state index contributed by atoms with van der Waals surface area (Å²) in [4.78, 5) is 2.13. The lowest BCUT2D eigenvalue weighted by molar-refractivity contribution is -0.326. The summed E-state index contributed by atoms with van der Waals surface area (Å²) >= 11 is 0. The number of aliphatic hydroxyl groups excluding tert-OH is 2. The van der Waals surface area contributed by atoms with Crippen LogP contribution in [-0.2, 0) is 16.0 Å². The topological polar surface area (TPSA) is 62.2 Å². The first-order valence-electron chi connectivity index (χ1n) is 7.42. The molecule has 0 amide bonds. The van der Waals surface area contributed by atoms with Gasteiger partial charge in [-0.15, -0.1) is 0 Å². The van der Waals surface area contributed by atoms with Crippen LogP contribution in [-0.4, -0.2) is 58.4 Å². The lowest BCUT2D eigenvalue weighted by Crippen LogP contribution is -2.67. The highest BCUT2D eigenvalue weighted by Crippen LogP contribution is 2.32. The van der Waals surface area contributed by atoms with Crippen LogP contribution >= 0.6 is 0 Å². The van der Waals surface area contributed by atoms with E-state index in [0.717, 1.165) is 0 Å². The van der Waals surface area contributed by atoms with E-state index in [9.17, 15) is 10.2 Å². The number of benzene rings is 1. The molecule has 2 aliphatic heterocycles. The third-order valence-corrected chi connectivity index (χ3v) is 4.25. The highest BCUT2D eigenvalue weighted by atomic mass is 16.7. The van der Waals surface area contributed by atoms with Crippen molar-refractivity contribution in [3.63, 3.8) is 0 Å². The van der Waals surface area contributed by atoms with Gasteiger partial charge in [0.2, 0.25) is 0 Å². The third-order valence-electron chi connectivity index (χ3n) is 4.25. The van der Waals surface area contributed by atoms with Gasteiger partial charge in [-0.25, -0.2) is 0 Å². The summed E-state index contributed by atoms with van der Waals surface area (Å²) in [6, 6.07) is 10.0. The van der Waals surface area contributed by atoms with Gasteiger partial charge in [0.15, 0.2) is 5.79 Å². The molecule has 0 unspecified atom stereocenters. The van der Waals surface area contributed by atoms with Gasteiger partial charge in [-0.3, -0.25) is 4.90 Å². The van der Waals surface area contributed by atoms with Crippen LogP contribution in [0.15, 0.2) is 30.3 Å². The zero-order valence-electron chi connectivity index (χ0n) is 12.5. The summed E-state index contributed by atoms with van der Waals surface area (Å²) in [5.41, 5.74) is 1.17. The van der Waals surface area contributed by atoms with Gasteiger partial charge in [0.05, 0.1) is 18.8 Å². The van der Waals surface area contributed by atoms with Crippen LogP contribution in [0.1, 0.15) is 19.4 Å². The second kappa shape index (κ2) is 5.66. The molecule has 0 saturated carbocycles. The largest absolute Gasteiger partial charge is 0.389 e. The molecule has 5 nitrogen and oxygen atoms in total. The van der Waals surface area contributed by atoms with Crippen LogP contribution in [0.2, 0.25) is 0 Å². The van der Waals surface area contributed by atoms with Gasteiger partial charge >= 0.3 is 0 Å². The number of ether oxygens (including phenoxy) is 2. The Morgan fingerprint density at radius 1 is 1.24 bits per heavy atom.